The molecule has 0 aromatic heterocycles. The smallest absolute Gasteiger partial charge is 0.142 e. The highest BCUT2D eigenvalue weighted by atomic mass is 19.1. The largest absolute Gasteiger partial charge is 0.238 e. The number of alkyl halides is 1. The Morgan fingerprint density at radius 3 is 2.31 bits per heavy atom. The summed E-state index contributed by atoms with van der Waals surface area (Å²) in [6, 6.07) is 0. The summed E-state index contributed by atoms with van der Waals surface area (Å²) in [5, 5.41) is 0. The summed E-state index contributed by atoms with van der Waals surface area (Å²) in [7, 11) is 0. The predicted molar refractivity (Wildman–Crippen MR) is 50.9 cm³/mol. The Morgan fingerprint density at radius 1 is 1.38 bits per heavy atom. The fourth-order valence-corrected chi connectivity index (χ4v) is 1.33. The third-order valence-electron chi connectivity index (χ3n) is 2.50. The molecular weight excluding hydrogens is 170 g/mol. The summed E-state index contributed by atoms with van der Waals surface area (Å²) >= 11 is 0. The van der Waals surface area contributed by atoms with Gasteiger partial charge in [-0.25, -0.2) is 8.78 Å². The van der Waals surface area contributed by atoms with Gasteiger partial charge in [0.25, 0.3) is 0 Å². The van der Waals surface area contributed by atoms with Gasteiger partial charge in [-0.05, 0) is 24.0 Å². The van der Waals surface area contributed by atoms with E-state index in [9.17, 15) is 8.78 Å². The number of allylic oxidation sites excluding steroid dienone is 4. The zero-order chi connectivity index (χ0) is 10.2. The summed E-state index contributed by atoms with van der Waals surface area (Å²) in [6.45, 7) is 7.42. The van der Waals surface area contributed by atoms with Gasteiger partial charge < -0.3 is 0 Å². The van der Waals surface area contributed by atoms with Crippen LogP contribution in [0.25, 0.3) is 0 Å². The van der Waals surface area contributed by atoms with Crippen molar-refractivity contribution in [3.05, 3.63) is 23.0 Å². The first kappa shape index (κ1) is 10.4. The maximum absolute atomic E-state index is 13.2. The number of halogens is 2. The first-order chi connectivity index (χ1) is 5.82. The van der Waals surface area contributed by atoms with Gasteiger partial charge in [-0.15, -0.1) is 0 Å². The van der Waals surface area contributed by atoms with E-state index in [1.807, 2.05) is 20.8 Å². The average Bonchev–Trinajstić information content (AvgIpc) is 1.97. The zero-order valence-electron chi connectivity index (χ0n) is 8.62. The zero-order valence-corrected chi connectivity index (χ0v) is 8.62. The fourth-order valence-electron chi connectivity index (χ4n) is 1.33. The van der Waals surface area contributed by atoms with Crippen molar-refractivity contribution in [1.29, 1.82) is 0 Å². The van der Waals surface area contributed by atoms with Crippen LogP contribution in [0.5, 0.6) is 0 Å². The topological polar surface area (TPSA) is 0 Å². The van der Waals surface area contributed by atoms with Gasteiger partial charge in [0.15, 0.2) is 0 Å². The molecule has 1 atom stereocenters. The van der Waals surface area contributed by atoms with Crippen molar-refractivity contribution in [3.8, 4) is 0 Å². The third-order valence-corrected chi connectivity index (χ3v) is 2.50. The van der Waals surface area contributed by atoms with Gasteiger partial charge in [-0.1, -0.05) is 26.3 Å². The Labute approximate surface area is 78.3 Å². The molecule has 74 valence electrons. The summed E-state index contributed by atoms with van der Waals surface area (Å²) < 4.78 is 26.4. The second kappa shape index (κ2) is 3.24. The molecule has 0 bridgehead atoms. The first-order valence-corrected chi connectivity index (χ1v) is 4.52. The van der Waals surface area contributed by atoms with Crippen LogP contribution in [0, 0.1) is 5.41 Å². The normalized spacial score (nSPS) is 24.8. The van der Waals surface area contributed by atoms with E-state index in [0.29, 0.717) is 0 Å². The molecule has 0 heterocycles. The molecule has 1 aliphatic carbocycles. The molecule has 0 saturated carbocycles. The number of rotatable bonds is 0. The Kier molecular flexibility index (Phi) is 2.60. The minimum Gasteiger partial charge on any atom is -0.238 e. The molecule has 0 radical (unpaired) electrons. The van der Waals surface area contributed by atoms with E-state index in [4.69, 9.17) is 0 Å². The van der Waals surface area contributed by atoms with Gasteiger partial charge in [0.1, 0.15) is 12.0 Å². The van der Waals surface area contributed by atoms with Crippen LogP contribution >= 0.6 is 0 Å². The molecule has 0 saturated heterocycles. The summed E-state index contributed by atoms with van der Waals surface area (Å²) in [4.78, 5) is 0. The lowest BCUT2D eigenvalue weighted by atomic mass is 9.80. The van der Waals surface area contributed by atoms with Crippen LogP contribution in [-0.4, -0.2) is 6.17 Å². The van der Waals surface area contributed by atoms with Crippen molar-refractivity contribution >= 4 is 0 Å². The highest BCUT2D eigenvalue weighted by Crippen LogP contribution is 2.37. The summed E-state index contributed by atoms with van der Waals surface area (Å²) in [5.74, 6) is -0.306. The van der Waals surface area contributed by atoms with E-state index in [2.05, 4.69) is 0 Å². The van der Waals surface area contributed by atoms with Crippen LogP contribution in [-0.2, 0) is 0 Å². The number of hydrogen-bond acceptors (Lipinski definition) is 0. The molecule has 0 aliphatic heterocycles. The Bertz CT molecular complexity index is 266. The van der Waals surface area contributed by atoms with Gasteiger partial charge in [-0.3, -0.25) is 0 Å². The van der Waals surface area contributed by atoms with Crippen LogP contribution < -0.4 is 0 Å². The van der Waals surface area contributed by atoms with Crippen LogP contribution in [0.15, 0.2) is 23.0 Å². The second-order valence-electron chi connectivity index (χ2n) is 4.61. The molecule has 0 nitrogen and oxygen atoms in total. The van der Waals surface area contributed by atoms with E-state index in [-0.39, 0.29) is 23.2 Å². The van der Waals surface area contributed by atoms with E-state index >= 15 is 0 Å². The Balaban J connectivity index is 2.92. The maximum Gasteiger partial charge on any atom is 0.142 e. The van der Waals surface area contributed by atoms with Gasteiger partial charge in [0.2, 0.25) is 0 Å². The van der Waals surface area contributed by atoms with Crippen LogP contribution in [0.4, 0.5) is 8.78 Å². The highest BCUT2D eigenvalue weighted by molar-refractivity contribution is 5.31. The molecule has 0 aromatic carbocycles. The lowest BCUT2D eigenvalue weighted by molar-refractivity contribution is 0.392. The van der Waals surface area contributed by atoms with E-state index in [1.165, 1.54) is 6.92 Å². The molecule has 2 heteroatoms. The molecule has 0 amide bonds. The van der Waals surface area contributed by atoms with Crippen LogP contribution in [0.3, 0.4) is 0 Å². The lowest BCUT2D eigenvalue weighted by Gasteiger charge is -2.27. The van der Waals surface area contributed by atoms with Gasteiger partial charge in [0, 0.05) is 6.42 Å². The van der Waals surface area contributed by atoms with Crippen molar-refractivity contribution < 1.29 is 8.78 Å². The van der Waals surface area contributed by atoms with Crippen molar-refractivity contribution in [2.45, 2.75) is 40.3 Å². The SMILES string of the molecule is CC1=C(F)CC(C(C)(C)C)=CC1F. The Morgan fingerprint density at radius 2 is 1.92 bits per heavy atom. The fraction of sp³-hybridized carbons (Fsp3) is 0.636. The molecule has 1 rings (SSSR count). The monoisotopic (exact) mass is 186 g/mol. The number of hydrogen-bond donors (Lipinski definition) is 0. The standard InChI is InChI=1S/C11H16F2/c1-7-9(12)5-8(6-10(7)13)11(2,3)4/h5,9H,6H2,1-4H3. The van der Waals surface area contributed by atoms with Crippen LogP contribution in [0.1, 0.15) is 34.1 Å². The van der Waals surface area contributed by atoms with E-state index in [1.54, 1.807) is 6.08 Å². The summed E-state index contributed by atoms with van der Waals surface area (Å²) in [6.07, 6.45) is 0.580. The quantitative estimate of drug-likeness (QED) is 0.502. The summed E-state index contributed by atoms with van der Waals surface area (Å²) in [5.41, 5.74) is 0.943. The Hall–Kier alpha value is -0.660. The van der Waals surface area contributed by atoms with Crippen molar-refractivity contribution in [2.24, 2.45) is 5.41 Å². The molecule has 1 aliphatic rings. The highest BCUT2D eigenvalue weighted by Gasteiger charge is 2.26. The van der Waals surface area contributed by atoms with Gasteiger partial charge >= 0.3 is 0 Å². The van der Waals surface area contributed by atoms with E-state index in [0.717, 1.165) is 5.57 Å². The lowest BCUT2D eigenvalue weighted by Crippen LogP contribution is -2.17. The first-order valence-electron chi connectivity index (χ1n) is 4.52. The van der Waals surface area contributed by atoms with E-state index < -0.39 is 6.17 Å². The van der Waals surface area contributed by atoms with Crippen molar-refractivity contribution in [3.63, 3.8) is 0 Å². The minimum absolute atomic E-state index is 0.137. The average molecular weight is 186 g/mol. The van der Waals surface area contributed by atoms with Crippen LogP contribution in [0.2, 0.25) is 0 Å². The molecule has 0 spiro atoms. The third kappa shape index (κ3) is 2.17. The molecule has 0 fully saturated rings. The second-order valence-corrected chi connectivity index (χ2v) is 4.61. The van der Waals surface area contributed by atoms with Gasteiger partial charge in [0.05, 0.1) is 0 Å². The minimum atomic E-state index is -1.23. The molecule has 13 heavy (non-hydrogen) atoms. The molecule has 1 unspecified atom stereocenters. The van der Waals surface area contributed by atoms with Crippen molar-refractivity contribution in [1.82, 2.24) is 0 Å². The van der Waals surface area contributed by atoms with Gasteiger partial charge in [-0.2, -0.15) is 0 Å². The molecule has 0 aromatic rings. The molecular formula is C11H16F2. The molecule has 0 N–H and O–H groups in total. The predicted octanol–water partition coefficient (Wildman–Crippen LogP) is 3.94. The van der Waals surface area contributed by atoms with Crippen molar-refractivity contribution in [2.75, 3.05) is 0 Å². The maximum atomic E-state index is 13.2.